The molecule has 162 valence electrons. The zero-order valence-electron chi connectivity index (χ0n) is 18.0. The Morgan fingerprint density at radius 2 is 1.77 bits per heavy atom. The second-order valence-electron chi connectivity index (χ2n) is 9.41. The van der Waals surface area contributed by atoms with Gasteiger partial charge in [-0.3, -0.25) is 9.36 Å². The summed E-state index contributed by atoms with van der Waals surface area (Å²) in [5, 5.41) is 3.19. The minimum atomic E-state index is -0.879. The summed E-state index contributed by atoms with van der Waals surface area (Å²) in [5.41, 5.74) is 2.80. The second kappa shape index (κ2) is 8.25. The van der Waals surface area contributed by atoms with E-state index in [1.54, 1.807) is 17.1 Å². The molecule has 1 aliphatic rings. The van der Waals surface area contributed by atoms with Crippen LogP contribution in [0.3, 0.4) is 0 Å². The van der Waals surface area contributed by atoms with E-state index in [2.05, 4.69) is 31.1 Å². The van der Waals surface area contributed by atoms with E-state index in [1.807, 2.05) is 24.3 Å². The number of carbonyl (C=O) groups excluding carboxylic acids is 1. The Morgan fingerprint density at radius 3 is 2.45 bits per heavy atom. The number of amides is 1. The lowest BCUT2D eigenvalue weighted by Crippen LogP contribution is -2.43. The highest BCUT2D eigenvalue weighted by Crippen LogP contribution is 2.38. The molecule has 1 fully saturated rings. The number of nitrogens with one attached hydrogen (secondary N) is 1. The molecule has 2 unspecified atom stereocenters. The first kappa shape index (κ1) is 21.2. The van der Waals surface area contributed by atoms with E-state index < -0.39 is 11.6 Å². The van der Waals surface area contributed by atoms with Crippen LogP contribution in [-0.4, -0.2) is 21.5 Å². The SMILES string of the molecule is CC1CC(NC(=O)c2cncn2-c2ccc(-c3ccc(F)c(F)c3)cc2)CC(C)(C)C1. The van der Waals surface area contributed by atoms with Crippen LogP contribution in [0.4, 0.5) is 8.78 Å². The molecule has 1 saturated carbocycles. The molecule has 1 amide bonds. The third kappa shape index (κ3) is 4.68. The molecule has 1 aliphatic carbocycles. The van der Waals surface area contributed by atoms with Gasteiger partial charge in [0.1, 0.15) is 5.69 Å². The Kier molecular flexibility index (Phi) is 5.65. The summed E-state index contributed by atoms with van der Waals surface area (Å²) >= 11 is 0. The van der Waals surface area contributed by atoms with Crippen molar-refractivity contribution in [2.24, 2.45) is 11.3 Å². The summed E-state index contributed by atoms with van der Waals surface area (Å²) in [5.74, 6) is -1.32. The van der Waals surface area contributed by atoms with E-state index in [0.29, 0.717) is 17.2 Å². The average molecular weight is 424 g/mol. The summed E-state index contributed by atoms with van der Waals surface area (Å²) in [6.07, 6.45) is 6.28. The number of hydrogen-bond acceptors (Lipinski definition) is 2. The fourth-order valence-electron chi connectivity index (χ4n) is 4.87. The maximum atomic E-state index is 13.5. The van der Waals surface area contributed by atoms with Crippen LogP contribution in [0.2, 0.25) is 0 Å². The number of nitrogens with zero attached hydrogens (tertiary/aromatic N) is 2. The maximum Gasteiger partial charge on any atom is 0.270 e. The predicted octanol–water partition coefficient (Wildman–Crippen LogP) is 5.76. The normalized spacial score (nSPS) is 20.4. The lowest BCUT2D eigenvalue weighted by Gasteiger charge is -2.39. The van der Waals surface area contributed by atoms with Crippen molar-refractivity contribution in [3.63, 3.8) is 0 Å². The van der Waals surface area contributed by atoms with Crippen molar-refractivity contribution in [1.29, 1.82) is 0 Å². The molecular weight excluding hydrogens is 396 g/mol. The van der Waals surface area contributed by atoms with Crippen LogP contribution in [-0.2, 0) is 0 Å². The predicted molar refractivity (Wildman–Crippen MR) is 117 cm³/mol. The molecule has 4 rings (SSSR count). The van der Waals surface area contributed by atoms with Crippen LogP contribution in [0.25, 0.3) is 16.8 Å². The minimum absolute atomic E-state index is 0.142. The van der Waals surface area contributed by atoms with Crippen molar-refractivity contribution >= 4 is 5.91 Å². The molecule has 0 spiro atoms. The molecule has 0 bridgehead atoms. The first-order chi connectivity index (χ1) is 14.7. The van der Waals surface area contributed by atoms with Gasteiger partial charge in [-0.1, -0.05) is 39.0 Å². The Balaban J connectivity index is 1.52. The van der Waals surface area contributed by atoms with Crippen molar-refractivity contribution in [2.75, 3.05) is 0 Å². The fourth-order valence-corrected chi connectivity index (χ4v) is 4.87. The number of halogens is 2. The lowest BCUT2D eigenvalue weighted by molar-refractivity contribution is 0.0867. The van der Waals surface area contributed by atoms with Crippen molar-refractivity contribution < 1.29 is 13.6 Å². The Morgan fingerprint density at radius 1 is 1.06 bits per heavy atom. The Bertz CT molecular complexity index is 1090. The van der Waals surface area contributed by atoms with Gasteiger partial charge in [-0.05, 0) is 66.0 Å². The van der Waals surface area contributed by atoms with Gasteiger partial charge in [0.05, 0.1) is 12.5 Å². The van der Waals surface area contributed by atoms with Gasteiger partial charge in [0, 0.05) is 11.7 Å². The monoisotopic (exact) mass is 423 g/mol. The molecular formula is C25H27F2N3O. The van der Waals surface area contributed by atoms with Crippen LogP contribution in [0.15, 0.2) is 55.0 Å². The molecule has 1 aromatic heterocycles. The van der Waals surface area contributed by atoms with Crippen LogP contribution in [0, 0.1) is 23.0 Å². The number of imidazole rings is 1. The zero-order chi connectivity index (χ0) is 22.2. The smallest absolute Gasteiger partial charge is 0.270 e. The van der Waals surface area contributed by atoms with E-state index in [-0.39, 0.29) is 17.4 Å². The van der Waals surface area contributed by atoms with E-state index in [1.165, 1.54) is 18.6 Å². The van der Waals surface area contributed by atoms with E-state index in [4.69, 9.17) is 0 Å². The van der Waals surface area contributed by atoms with Crippen LogP contribution >= 0.6 is 0 Å². The molecule has 2 aromatic carbocycles. The van der Waals surface area contributed by atoms with Gasteiger partial charge in [-0.15, -0.1) is 0 Å². The summed E-state index contributed by atoms with van der Waals surface area (Å²) in [6, 6.07) is 11.3. The molecule has 1 N–H and O–H groups in total. The van der Waals surface area contributed by atoms with Gasteiger partial charge in [0.2, 0.25) is 0 Å². The van der Waals surface area contributed by atoms with Crippen LogP contribution in [0.5, 0.6) is 0 Å². The molecule has 0 radical (unpaired) electrons. The van der Waals surface area contributed by atoms with E-state index in [9.17, 15) is 13.6 Å². The molecule has 6 heteroatoms. The largest absolute Gasteiger partial charge is 0.348 e. The third-order valence-electron chi connectivity index (χ3n) is 5.99. The van der Waals surface area contributed by atoms with Gasteiger partial charge >= 0.3 is 0 Å². The van der Waals surface area contributed by atoms with Crippen molar-refractivity contribution in [1.82, 2.24) is 14.9 Å². The second-order valence-corrected chi connectivity index (χ2v) is 9.41. The standard InChI is InChI=1S/C25H27F2N3O/c1-16-10-19(13-25(2,3)12-16)29-24(31)23-14-28-15-30(23)20-7-4-17(5-8-20)18-6-9-21(26)22(27)11-18/h4-9,11,14-16,19H,10,12-13H2,1-3H3,(H,29,31). The van der Waals surface area contributed by atoms with Crippen molar-refractivity contribution in [3.05, 3.63) is 72.3 Å². The maximum absolute atomic E-state index is 13.5. The van der Waals surface area contributed by atoms with Gasteiger partial charge in [0.15, 0.2) is 11.6 Å². The number of hydrogen-bond donors (Lipinski definition) is 1. The van der Waals surface area contributed by atoms with Gasteiger partial charge in [0.25, 0.3) is 5.91 Å². The van der Waals surface area contributed by atoms with Crippen LogP contribution < -0.4 is 5.32 Å². The summed E-state index contributed by atoms with van der Waals surface area (Å²) in [7, 11) is 0. The number of carbonyl (C=O) groups is 1. The van der Waals surface area contributed by atoms with Crippen molar-refractivity contribution in [3.8, 4) is 16.8 Å². The molecule has 4 nitrogen and oxygen atoms in total. The quantitative estimate of drug-likeness (QED) is 0.580. The lowest BCUT2D eigenvalue weighted by atomic mass is 9.70. The zero-order valence-corrected chi connectivity index (χ0v) is 18.0. The minimum Gasteiger partial charge on any atom is -0.348 e. The van der Waals surface area contributed by atoms with Gasteiger partial charge in [-0.25, -0.2) is 13.8 Å². The number of rotatable bonds is 4. The third-order valence-corrected chi connectivity index (χ3v) is 5.99. The Hall–Kier alpha value is -3.02. The fraction of sp³-hybridized carbons (Fsp3) is 0.360. The molecule has 0 aliphatic heterocycles. The van der Waals surface area contributed by atoms with E-state index in [0.717, 1.165) is 30.2 Å². The molecule has 1 heterocycles. The molecule has 0 saturated heterocycles. The number of aromatic nitrogens is 2. The first-order valence-electron chi connectivity index (χ1n) is 10.6. The molecule has 2 atom stereocenters. The van der Waals surface area contributed by atoms with Gasteiger partial charge in [-0.2, -0.15) is 0 Å². The van der Waals surface area contributed by atoms with Crippen LogP contribution in [0.1, 0.15) is 50.5 Å². The highest BCUT2D eigenvalue weighted by molar-refractivity contribution is 5.93. The highest BCUT2D eigenvalue weighted by Gasteiger charge is 2.33. The highest BCUT2D eigenvalue weighted by atomic mass is 19.2. The van der Waals surface area contributed by atoms with Gasteiger partial charge < -0.3 is 5.32 Å². The summed E-state index contributed by atoms with van der Waals surface area (Å²) < 4.78 is 28.5. The summed E-state index contributed by atoms with van der Waals surface area (Å²) in [4.78, 5) is 17.2. The molecule has 31 heavy (non-hydrogen) atoms. The first-order valence-corrected chi connectivity index (χ1v) is 10.6. The van der Waals surface area contributed by atoms with E-state index >= 15 is 0 Å². The number of benzene rings is 2. The Labute approximate surface area is 181 Å². The average Bonchev–Trinajstić information content (AvgIpc) is 3.19. The van der Waals surface area contributed by atoms with Crippen molar-refractivity contribution in [2.45, 2.75) is 46.1 Å². The molecule has 3 aromatic rings. The topological polar surface area (TPSA) is 46.9 Å². The summed E-state index contributed by atoms with van der Waals surface area (Å²) in [6.45, 7) is 6.74.